The number of rotatable bonds is 4. The SMILES string of the molecule is COc1cccc(/C=C/[C@H]2O[C@@H](C)[C@H](O)[C@@H]2O)c1CO. The molecule has 5 nitrogen and oxygen atoms in total. The molecule has 5 heteroatoms. The van der Waals surface area contributed by atoms with E-state index in [1.54, 1.807) is 32.3 Å². The van der Waals surface area contributed by atoms with Gasteiger partial charge in [-0.1, -0.05) is 24.3 Å². The fraction of sp³-hybridized carbons (Fsp3) is 0.467. The van der Waals surface area contributed by atoms with E-state index in [0.29, 0.717) is 11.3 Å². The van der Waals surface area contributed by atoms with Gasteiger partial charge in [0.05, 0.1) is 19.8 Å². The van der Waals surface area contributed by atoms with Crippen LogP contribution in [-0.4, -0.2) is 46.8 Å². The predicted molar refractivity (Wildman–Crippen MR) is 74.3 cm³/mol. The second kappa shape index (κ2) is 6.37. The van der Waals surface area contributed by atoms with Crippen molar-refractivity contribution in [2.45, 2.75) is 37.9 Å². The Morgan fingerprint density at radius 2 is 2.05 bits per heavy atom. The van der Waals surface area contributed by atoms with Gasteiger partial charge in [0, 0.05) is 5.56 Å². The van der Waals surface area contributed by atoms with Crippen molar-refractivity contribution in [3.63, 3.8) is 0 Å². The van der Waals surface area contributed by atoms with Gasteiger partial charge in [0.1, 0.15) is 24.1 Å². The third kappa shape index (κ3) is 2.86. The van der Waals surface area contributed by atoms with E-state index in [9.17, 15) is 15.3 Å². The van der Waals surface area contributed by atoms with Crippen molar-refractivity contribution in [2.75, 3.05) is 7.11 Å². The van der Waals surface area contributed by atoms with Crippen LogP contribution in [0.5, 0.6) is 5.75 Å². The van der Waals surface area contributed by atoms with Crippen LogP contribution >= 0.6 is 0 Å². The molecule has 0 aliphatic carbocycles. The van der Waals surface area contributed by atoms with Crippen molar-refractivity contribution in [3.8, 4) is 5.75 Å². The van der Waals surface area contributed by atoms with Crippen LogP contribution in [-0.2, 0) is 11.3 Å². The molecule has 0 radical (unpaired) electrons. The van der Waals surface area contributed by atoms with Crippen LogP contribution in [0.25, 0.3) is 6.08 Å². The first kappa shape index (κ1) is 15.0. The fourth-order valence-electron chi connectivity index (χ4n) is 2.34. The molecule has 2 rings (SSSR count). The van der Waals surface area contributed by atoms with Crippen LogP contribution in [0, 0.1) is 0 Å². The summed E-state index contributed by atoms with van der Waals surface area (Å²) in [7, 11) is 1.55. The van der Waals surface area contributed by atoms with E-state index in [4.69, 9.17) is 9.47 Å². The van der Waals surface area contributed by atoms with Gasteiger partial charge in [-0.25, -0.2) is 0 Å². The maximum atomic E-state index is 9.83. The molecule has 0 amide bonds. The summed E-state index contributed by atoms with van der Waals surface area (Å²) in [5.41, 5.74) is 1.46. The van der Waals surface area contributed by atoms with Gasteiger partial charge in [-0.15, -0.1) is 0 Å². The van der Waals surface area contributed by atoms with Crippen LogP contribution in [0.1, 0.15) is 18.1 Å². The lowest BCUT2D eigenvalue weighted by Crippen LogP contribution is -2.30. The molecule has 110 valence electrons. The second-order valence-corrected chi connectivity index (χ2v) is 4.83. The molecular formula is C15H20O5. The summed E-state index contributed by atoms with van der Waals surface area (Å²) >= 11 is 0. The topological polar surface area (TPSA) is 79.2 Å². The number of ether oxygens (including phenoxy) is 2. The number of aliphatic hydroxyl groups is 3. The summed E-state index contributed by atoms with van der Waals surface area (Å²) < 4.78 is 10.6. The minimum absolute atomic E-state index is 0.142. The molecule has 0 spiro atoms. The van der Waals surface area contributed by atoms with Gasteiger partial charge >= 0.3 is 0 Å². The molecular weight excluding hydrogens is 260 g/mol. The van der Waals surface area contributed by atoms with Gasteiger partial charge in [0.2, 0.25) is 0 Å². The first-order valence-electron chi connectivity index (χ1n) is 6.55. The molecule has 0 unspecified atom stereocenters. The first-order valence-corrected chi connectivity index (χ1v) is 6.55. The maximum absolute atomic E-state index is 9.83. The van der Waals surface area contributed by atoms with Crippen molar-refractivity contribution in [1.82, 2.24) is 0 Å². The zero-order valence-corrected chi connectivity index (χ0v) is 11.6. The van der Waals surface area contributed by atoms with E-state index < -0.39 is 24.4 Å². The maximum Gasteiger partial charge on any atom is 0.124 e. The molecule has 1 aromatic carbocycles. The Kier molecular flexibility index (Phi) is 4.77. The summed E-state index contributed by atoms with van der Waals surface area (Å²) in [5.74, 6) is 0.607. The smallest absolute Gasteiger partial charge is 0.124 e. The van der Waals surface area contributed by atoms with Gasteiger partial charge in [0.25, 0.3) is 0 Å². The molecule has 1 aliphatic rings. The second-order valence-electron chi connectivity index (χ2n) is 4.83. The lowest BCUT2D eigenvalue weighted by atomic mass is 10.0. The highest BCUT2D eigenvalue weighted by Crippen LogP contribution is 2.26. The van der Waals surface area contributed by atoms with Gasteiger partial charge in [-0.05, 0) is 18.6 Å². The molecule has 1 aliphatic heterocycles. The van der Waals surface area contributed by atoms with Gasteiger partial charge in [-0.3, -0.25) is 0 Å². The molecule has 1 fully saturated rings. The van der Waals surface area contributed by atoms with Crippen molar-refractivity contribution in [3.05, 3.63) is 35.4 Å². The Balaban J connectivity index is 2.20. The Bertz CT molecular complexity index is 485. The van der Waals surface area contributed by atoms with Crippen LogP contribution in [0.15, 0.2) is 24.3 Å². The molecule has 1 aromatic rings. The summed E-state index contributed by atoms with van der Waals surface area (Å²) in [6.07, 6.45) is 0.662. The number of hydrogen-bond acceptors (Lipinski definition) is 5. The minimum atomic E-state index is -0.940. The van der Waals surface area contributed by atoms with E-state index in [1.165, 1.54) is 0 Å². The van der Waals surface area contributed by atoms with Gasteiger partial charge in [-0.2, -0.15) is 0 Å². The molecule has 0 saturated carbocycles. The quantitative estimate of drug-likeness (QED) is 0.757. The highest BCUT2D eigenvalue weighted by molar-refractivity contribution is 5.58. The van der Waals surface area contributed by atoms with E-state index >= 15 is 0 Å². The number of aliphatic hydroxyl groups excluding tert-OH is 3. The van der Waals surface area contributed by atoms with Gasteiger partial charge in [0.15, 0.2) is 0 Å². The standard InChI is InChI=1S/C15H20O5/c1-9-14(17)15(18)13(20-9)7-6-10-4-3-5-12(19-2)11(10)8-16/h3-7,9,13-18H,8H2,1-2H3/b7-6+/t9-,13+,14-,15+/m0/s1. The highest BCUT2D eigenvalue weighted by atomic mass is 16.5. The third-order valence-corrected chi connectivity index (χ3v) is 3.55. The van der Waals surface area contributed by atoms with Crippen molar-refractivity contribution in [2.24, 2.45) is 0 Å². The average Bonchev–Trinajstić information content (AvgIpc) is 2.71. The fourth-order valence-corrected chi connectivity index (χ4v) is 2.34. The van der Waals surface area contributed by atoms with Crippen molar-refractivity contribution in [1.29, 1.82) is 0 Å². The normalized spacial score (nSPS) is 30.1. The van der Waals surface area contributed by atoms with Crippen LogP contribution < -0.4 is 4.74 Å². The molecule has 0 bridgehead atoms. The molecule has 20 heavy (non-hydrogen) atoms. The van der Waals surface area contributed by atoms with E-state index in [1.807, 2.05) is 12.1 Å². The molecule has 0 aromatic heterocycles. The largest absolute Gasteiger partial charge is 0.496 e. The number of benzene rings is 1. The lowest BCUT2D eigenvalue weighted by molar-refractivity contribution is 0.0316. The summed E-state index contributed by atoms with van der Waals surface area (Å²) in [5, 5.41) is 28.9. The van der Waals surface area contributed by atoms with Crippen LogP contribution in [0.3, 0.4) is 0 Å². The average molecular weight is 280 g/mol. The molecule has 1 heterocycles. The van der Waals surface area contributed by atoms with Crippen LogP contribution in [0.4, 0.5) is 0 Å². The Labute approximate surface area is 118 Å². The first-order chi connectivity index (χ1) is 9.58. The lowest BCUT2D eigenvalue weighted by Gasteiger charge is -2.12. The summed E-state index contributed by atoms with van der Waals surface area (Å²) in [6.45, 7) is 1.57. The zero-order chi connectivity index (χ0) is 14.7. The Hall–Kier alpha value is -1.40. The summed E-state index contributed by atoms with van der Waals surface area (Å²) in [4.78, 5) is 0. The van der Waals surface area contributed by atoms with E-state index in [2.05, 4.69) is 0 Å². The van der Waals surface area contributed by atoms with Gasteiger partial charge < -0.3 is 24.8 Å². The number of hydrogen-bond donors (Lipinski definition) is 3. The summed E-state index contributed by atoms with van der Waals surface area (Å²) in [6, 6.07) is 5.43. The third-order valence-electron chi connectivity index (χ3n) is 3.55. The van der Waals surface area contributed by atoms with E-state index in [0.717, 1.165) is 5.56 Å². The Morgan fingerprint density at radius 1 is 1.30 bits per heavy atom. The monoisotopic (exact) mass is 280 g/mol. The molecule has 4 atom stereocenters. The zero-order valence-electron chi connectivity index (χ0n) is 11.6. The van der Waals surface area contributed by atoms with Crippen molar-refractivity contribution >= 4 is 6.08 Å². The minimum Gasteiger partial charge on any atom is -0.496 e. The molecule has 1 saturated heterocycles. The van der Waals surface area contributed by atoms with Crippen molar-refractivity contribution < 1.29 is 24.8 Å². The molecule has 3 N–H and O–H groups in total. The Morgan fingerprint density at radius 3 is 2.60 bits per heavy atom. The predicted octanol–water partition coefficient (Wildman–Crippen LogP) is 0.710. The number of methoxy groups -OCH3 is 1. The van der Waals surface area contributed by atoms with Crippen LogP contribution in [0.2, 0.25) is 0 Å². The van der Waals surface area contributed by atoms with E-state index in [-0.39, 0.29) is 6.61 Å². The highest BCUT2D eigenvalue weighted by Gasteiger charge is 2.38.